The molecule has 1 aliphatic heterocycles. The van der Waals surface area contributed by atoms with Gasteiger partial charge in [0.2, 0.25) is 11.8 Å². The number of imide groups is 1. The molecule has 2 atom stereocenters. The smallest absolute Gasteiger partial charge is 0.233 e. The van der Waals surface area contributed by atoms with Crippen LogP contribution in [0.2, 0.25) is 5.02 Å². The lowest BCUT2D eigenvalue weighted by Gasteiger charge is -2.15. The first-order chi connectivity index (χ1) is 7.66. The summed E-state index contributed by atoms with van der Waals surface area (Å²) in [6.45, 7) is 0.241. The molecular weight excluding hydrogens is 228 g/mol. The highest BCUT2D eigenvalue weighted by atomic mass is 35.5. The number of pyridine rings is 1. The number of piperidine rings is 1. The van der Waals surface area contributed by atoms with Crippen LogP contribution in [-0.2, 0) is 16.1 Å². The van der Waals surface area contributed by atoms with Gasteiger partial charge in [-0.15, -0.1) is 0 Å². The van der Waals surface area contributed by atoms with Crippen LogP contribution < -0.4 is 0 Å². The molecule has 1 saturated heterocycles. The maximum Gasteiger partial charge on any atom is 0.233 e. The summed E-state index contributed by atoms with van der Waals surface area (Å²) in [5.74, 6) is -0.216. The fourth-order valence-electron chi connectivity index (χ4n) is 2.10. The topological polar surface area (TPSA) is 50.3 Å². The molecule has 4 nitrogen and oxygen atoms in total. The fraction of sp³-hybridized carbons (Fsp3) is 0.364. The lowest BCUT2D eigenvalue weighted by molar-refractivity contribution is -0.142. The number of likely N-dealkylation sites (tertiary alicyclic amines) is 1. The first-order valence-corrected chi connectivity index (χ1v) is 5.50. The van der Waals surface area contributed by atoms with Crippen LogP contribution in [-0.4, -0.2) is 21.7 Å². The number of hydrogen-bond donors (Lipinski definition) is 0. The van der Waals surface area contributed by atoms with E-state index in [2.05, 4.69) is 4.98 Å². The third kappa shape index (κ3) is 1.41. The summed E-state index contributed by atoms with van der Waals surface area (Å²) in [5, 5.41) is 0.564. The second-order valence-corrected chi connectivity index (χ2v) is 4.61. The van der Waals surface area contributed by atoms with Crippen molar-refractivity contribution in [3.63, 3.8) is 0 Å². The molecule has 2 amide bonds. The predicted octanol–water partition coefficient (Wildman–Crippen LogP) is 1.24. The quantitative estimate of drug-likeness (QED) is 0.726. The third-order valence-corrected chi connectivity index (χ3v) is 3.29. The molecule has 2 fully saturated rings. The zero-order valence-electron chi connectivity index (χ0n) is 8.39. The standard InChI is InChI=1S/C11H9ClN2O2/c12-6-1-2-13-7(3-6)5-14-10(15)8-4-9(8)11(14)16/h1-3,8-9H,4-5H2. The van der Waals surface area contributed by atoms with E-state index in [0.717, 1.165) is 6.42 Å². The van der Waals surface area contributed by atoms with Crippen molar-refractivity contribution in [3.05, 3.63) is 29.0 Å². The van der Waals surface area contributed by atoms with Crippen LogP contribution in [0.5, 0.6) is 0 Å². The third-order valence-electron chi connectivity index (χ3n) is 3.06. The van der Waals surface area contributed by atoms with Crippen molar-refractivity contribution >= 4 is 23.4 Å². The number of rotatable bonds is 2. The molecule has 5 heteroatoms. The summed E-state index contributed by atoms with van der Waals surface area (Å²) in [6.07, 6.45) is 2.31. The Morgan fingerprint density at radius 3 is 2.69 bits per heavy atom. The molecule has 0 radical (unpaired) electrons. The van der Waals surface area contributed by atoms with Gasteiger partial charge in [-0.1, -0.05) is 11.6 Å². The van der Waals surface area contributed by atoms with Crippen molar-refractivity contribution in [2.75, 3.05) is 0 Å². The van der Waals surface area contributed by atoms with E-state index < -0.39 is 0 Å². The average Bonchev–Trinajstić information content (AvgIpc) is 2.99. The second kappa shape index (κ2) is 3.28. The van der Waals surface area contributed by atoms with Crippen LogP contribution in [0.1, 0.15) is 12.1 Å². The maximum absolute atomic E-state index is 11.7. The Labute approximate surface area is 97.2 Å². The Kier molecular flexibility index (Phi) is 2.01. The van der Waals surface area contributed by atoms with Crippen molar-refractivity contribution in [2.45, 2.75) is 13.0 Å². The molecule has 1 aliphatic carbocycles. The molecule has 0 aromatic carbocycles. The van der Waals surface area contributed by atoms with Crippen molar-refractivity contribution in [1.29, 1.82) is 0 Å². The lowest BCUT2D eigenvalue weighted by atomic mass is 10.3. The van der Waals surface area contributed by atoms with E-state index in [1.54, 1.807) is 18.3 Å². The van der Waals surface area contributed by atoms with Crippen molar-refractivity contribution in [2.24, 2.45) is 11.8 Å². The highest BCUT2D eigenvalue weighted by Crippen LogP contribution is 2.47. The number of hydrogen-bond acceptors (Lipinski definition) is 3. The molecule has 0 N–H and O–H groups in total. The van der Waals surface area contributed by atoms with Gasteiger partial charge in [0, 0.05) is 11.2 Å². The van der Waals surface area contributed by atoms with E-state index in [-0.39, 0.29) is 30.2 Å². The molecule has 0 spiro atoms. The number of carbonyl (C=O) groups excluding carboxylic acids is 2. The van der Waals surface area contributed by atoms with Gasteiger partial charge in [-0.2, -0.15) is 0 Å². The van der Waals surface area contributed by atoms with Crippen LogP contribution in [0.25, 0.3) is 0 Å². The van der Waals surface area contributed by atoms with Crippen LogP contribution in [0, 0.1) is 11.8 Å². The molecule has 1 saturated carbocycles. The molecule has 82 valence electrons. The lowest BCUT2D eigenvalue weighted by Crippen LogP contribution is -2.32. The van der Waals surface area contributed by atoms with Crippen LogP contribution >= 0.6 is 11.6 Å². The molecule has 0 bridgehead atoms. The average molecular weight is 237 g/mol. The van der Waals surface area contributed by atoms with Gasteiger partial charge < -0.3 is 0 Å². The normalized spacial score (nSPS) is 27.2. The summed E-state index contributed by atoms with van der Waals surface area (Å²) in [5.41, 5.74) is 0.649. The summed E-state index contributed by atoms with van der Waals surface area (Å²) < 4.78 is 0. The minimum Gasteiger partial charge on any atom is -0.276 e. The Morgan fingerprint density at radius 1 is 1.38 bits per heavy atom. The van der Waals surface area contributed by atoms with Gasteiger partial charge >= 0.3 is 0 Å². The molecule has 1 aromatic heterocycles. The van der Waals surface area contributed by atoms with Crippen LogP contribution in [0.15, 0.2) is 18.3 Å². The monoisotopic (exact) mass is 236 g/mol. The van der Waals surface area contributed by atoms with Gasteiger partial charge in [0.1, 0.15) is 0 Å². The molecule has 2 aliphatic rings. The Bertz CT molecular complexity index is 469. The number of amides is 2. The van der Waals surface area contributed by atoms with E-state index in [9.17, 15) is 9.59 Å². The summed E-state index contributed by atoms with van der Waals surface area (Å²) in [7, 11) is 0. The largest absolute Gasteiger partial charge is 0.276 e. The van der Waals surface area contributed by atoms with Gasteiger partial charge in [-0.05, 0) is 18.6 Å². The van der Waals surface area contributed by atoms with Crippen molar-refractivity contribution in [3.8, 4) is 0 Å². The van der Waals surface area contributed by atoms with Gasteiger partial charge in [-0.25, -0.2) is 0 Å². The van der Waals surface area contributed by atoms with Crippen molar-refractivity contribution in [1.82, 2.24) is 9.88 Å². The SMILES string of the molecule is O=C1C2CC2C(=O)N1Cc1cc(Cl)ccn1. The Balaban J connectivity index is 1.80. The Morgan fingerprint density at radius 2 is 2.06 bits per heavy atom. The number of halogens is 1. The molecule has 1 aromatic rings. The fourth-order valence-corrected chi connectivity index (χ4v) is 2.29. The second-order valence-electron chi connectivity index (χ2n) is 4.18. The minimum atomic E-state index is -0.0585. The van der Waals surface area contributed by atoms with E-state index in [1.165, 1.54) is 4.90 Å². The summed E-state index contributed by atoms with van der Waals surface area (Å²) in [4.78, 5) is 28.8. The predicted molar refractivity (Wildman–Crippen MR) is 56.4 cm³/mol. The Hall–Kier alpha value is -1.42. The van der Waals surface area contributed by atoms with Gasteiger partial charge in [0.25, 0.3) is 0 Å². The first-order valence-electron chi connectivity index (χ1n) is 5.12. The van der Waals surface area contributed by atoms with E-state index in [0.29, 0.717) is 10.7 Å². The van der Waals surface area contributed by atoms with Gasteiger partial charge in [-0.3, -0.25) is 19.5 Å². The minimum absolute atomic E-state index is 0.0494. The molecular formula is C11H9ClN2O2. The number of nitrogens with zero attached hydrogens (tertiary/aromatic N) is 2. The van der Waals surface area contributed by atoms with Gasteiger partial charge in [0.05, 0.1) is 24.1 Å². The molecule has 16 heavy (non-hydrogen) atoms. The number of aromatic nitrogens is 1. The zero-order chi connectivity index (χ0) is 11.3. The summed E-state index contributed by atoms with van der Waals surface area (Å²) in [6, 6.07) is 3.34. The highest BCUT2D eigenvalue weighted by Gasteiger charge is 2.58. The van der Waals surface area contributed by atoms with Crippen LogP contribution in [0.3, 0.4) is 0 Å². The summed E-state index contributed by atoms with van der Waals surface area (Å²) >= 11 is 5.81. The zero-order valence-corrected chi connectivity index (χ0v) is 9.15. The number of fused-ring (bicyclic) bond motifs is 1. The van der Waals surface area contributed by atoms with Crippen LogP contribution in [0.4, 0.5) is 0 Å². The highest BCUT2D eigenvalue weighted by molar-refractivity contribution is 6.30. The van der Waals surface area contributed by atoms with Crippen molar-refractivity contribution < 1.29 is 9.59 Å². The van der Waals surface area contributed by atoms with Gasteiger partial charge in [0.15, 0.2) is 0 Å². The van der Waals surface area contributed by atoms with E-state index in [4.69, 9.17) is 11.6 Å². The molecule has 2 unspecified atom stereocenters. The molecule has 3 rings (SSSR count). The van der Waals surface area contributed by atoms with E-state index >= 15 is 0 Å². The maximum atomic E-state index is 11.7. The molecule has 2 heterocycles. The first kappa shape index (κ1) is 9.78. The number of carbonyl (C=O) groups is 2. The van der Waals surface area contributed by atoms with E-state index in [1.807, 2.05) is 0 Å².